The Balaban J connectivity index is 1.24. The summed E-state index contributed by atoms with van der Waals surface area (Å²) in [6.07, 6.45) is 9.10. The van der Waals surface area contributed by atoms with Crippen LogP contribution in [0, 0.1) is 0 Å². The highest BCUT2D eigenvalue weighted by atomic mass is 19.1. The first kappa shape index (κ1) is 21.6. The average molecular weight is 442 g/mol. The monoisotopic (exact) mass is 441 g/mol. The van der Waals surface area contributed by atoms with Crippen molar-refractivity contribution in [3.05, 3.63) is 53.5 Å². The SMILES string of the molecule is NC/C(=C\F)COc1ccc(C23CCC(c4nnc(C5CCOCC5)o4)(CC2)CC3)cc1. The smallest absolute Gasteiger partial charge is 0.222 e. The third-order valence-corrected chi connectivity index (χ3v) is 8.02. The maximum atomic E-state index is 12.7. The Hall–Kier alpha value is -2.25. The number of nitrogens with zero attached hydrogens (tertiary/aromatic N) is 2. The zero-order valence-corrected chi connectivity index (χ0v) is 18.5. The summed E-state index contributed by atoms with van der Waals surface area (Å²) in [4.78, 5) is 0. The molecule has 3 saturated carbocycles. The normalized spacial score (nSPS) is 28.8. The van der Waals surface area contributed by atoms with Gasteiger partial charge in [-0.2, -0.15) is 0 Å². The number of rotatable bonds is 7. The van der Waals surface area contributed by atoms with E-state index in [0.29, 0.717) is 17.8 Å². The van der Waals surface area contributed by atoms with Gasteiger partial charge >= 0.3 is 0 Å². The van der Waals surface area contributed by atoms with E-state index in [1.807, 2.05) is 12.1 Å². The van der Waals surface area contributed by atoms with Crippen molar-refractivity contribution in [3.8, 4) is 5.75 Å². The zero-order valence-electron chi connectivity index (χ0n) is 18.5. The van der Waals surface area contributed by atoms with Crippen molar-refractivity contribution in [3.63, 3.8) is 0 Å². The first-order valence-electron chi connectivity index (χ1n) is 11.8. The van der Waals surface area contributed by atoms with E-state index in [4.69, 9.17) is 19.6 Å². The van der Waals surface area contributed by atoms with E-state index < -0.39 is 0 Å². The van der Waals surface area contributed by atoms with E-state index in [9.17, 15) is 4.39 Å². The molecule has 2 bridgehead atoms. The molecule has 32 heavy (non-hydrogen) atoms. The summed E-state index contributed by atoms with van der Waals surface area (Å²) in [6, 6.07) is 8.33. The Morgan fingerprint density at radius 1 is 1.03 bits per heavy atom. The number of hydrogen-bond acceptors (Lipinski definition) is 6. The van der Waals surface area contributed by atoms with Crippen LogP contribution in [0.15, 0.2) is 40.6 Å². The van der Waals surface area contributed by atoms with E-state index in [0.717, 1.165) is 82.1 Å². The summed E-state index contributed by atoms with van der Waals surface area (Å²) in [7, 11) is 0. The number of fused-ring (bicyclic) bond motifs is 3. The van der Waals surface area contributed by atoms with Gasteiger partial charge in [-0.15, -0.1) is 10.2 Å². The quantitative estimate of drug-likeness (QED) is 0.671. The molecule has 0 unspecified atom stereocenters. The van der Waals surface area contributed by atoms with Gasteiger partial charge in [0.05, 0.1) is 6.33 Å². The molecule has 0 radical (unpaired) electrons. The standard InChI is InChI=1S/C25H32FN3O3/c26-15-18(16-27)17-31-21-3-1-20(2-4-21)24-7-10-25(11-8-24,12-9-24)23-29-28-22(32-23)19-5-13-30-14-6-19/h1-4,15,19H,5-14,16-17,27H2/b18-15+. The Morgan fingerprint density at radius 3 is 2.31 bits per heavy atom. The Bertz CT molecular complexity index is 925. The molecule has 0 atom stereocenters. The minimum absolute atomic E-state index is 0.0402. The Labute approximate surface area is 188 Å². The first-order chi connectivity index (χ1) is 15.7. The molecule has 0 amide bonds. The summed E-state index contributed by atoms with van der Waals surface area (Å²) in [5.74, 6) is 2.74. The molecule has 3 aliphatic carbocycles. The first-order valence-corrected chi connectivity index (χ1v) is 11.8. The average Bonchev–Trinajstić information content (AvgIpc) is 3.38. The lowest BCUT2D eigenvalue weighted by Gasteiger charge is -2.52. The largest absolute Gasteiger partial charge is 0.489 e. The fraction of sp³-hybridized carbons (Fsp3) is 0.600. The van der Waals surface area contributed by atoms with Crippen LogP contribution in [0.1, 0.15) is 74.6 Å². The van der Waals surface area contributed by atoms with Crippen molar-refractivity contribution in [2.45, 2.75) is 68.1 Å². The molecule has 0 spiro atoms. The molecular formula is C25H32FN3O3. The third kappa shape index (κ3) is 3.97. The molecule has 2 aromatic rings. The molecule has 4 aliphatic rings. The molecule has 1 saturated heterocycles. The number of aromatic nitrogens is 2. The van der Waals surface area contributed by atoms with E-state index in [2.05, 4.69) is 22.3 Å². The van der Waals surface area contributed by atoms with Crippen LogP contribution in [0.25, 0.3) is 0 Å². The predicted octanol–water partition coefficient (Wildman–Crippen LogP) is 4.70. The van der Waals surface area contributed by atoms with Crippen molar-refractivity contribution in [1.82, 2.24) is 10.2 Å². The number of benzene rings is 1. The molecule has 2 N–H and O–H groups in total. The molecule has 4 fully saturated rings. The van der Waals surface area contributed by atoms with Crippen LogP contribution < -0.4 is 10.5 Å². The van der Waals surface area contributed by atoms with Gasteiger partial charge in [-0.1, -0.05) is 12.1 Å². The van der Waals surface area contributed by atoms with Gasteiger partial charge in [0.2, 0.25) is 11.8 Å². The zero-order chi connectivity index (χ0) is 22.0. The number of halogens is 1. The Morgan fingerprint density at radius 2 is 1.69 bits per heavy atom. The van der Waals surface area contributed by atoms with Gasteiger partial charge in [0.25, 0.3) is 0 Å². The molecular weight excluding hydrogens is 409 g/mol. The van der Waals surface area contributed by atoms with Crippen LogP contribution in [-0.2, 0) is 15.6 Å². The fourth-order valence-corrected chi connectivity index (χ4v) is 5.71. The van der Waals surface area contributed by atoms with Gasteiger partial charge in [0, 0.05) is 36.7 Å². The van der Waals surface area contributed by atoms with Gasteiger partial charge in [0.1, 0.15) is 12.4 Å². The number of hydrogen-bond donors (Lipinski definition) is 1. The molecule has 2 heterocycles. The van der Waals surface area contributed by atoms with E-state index in [1.54, 1.807) is 0 Å². The second-order valence-corrected chi connectivity index (χ2v) is 9.68. The lowest BCUT2D eigenvalue weighted by Crippen LogP contribution is -2.46. The minimum atomic E-state index is 0.0402. The highest BCUT2D eigenvalue weighted by Gasteiger charge is 2.52. The van der Waals surface area contributed by atoms with Crippen LogP contribution >= 0.6 is 0 Å². The molecule has 1 aromatic heterocycles. The lowest BCUT2D eigenvalue weighted by atomic mass is 9.52. The van der Waals surface area contributed by atoms with Crippen LogP contribution in [0.3, 0.4) is 0 Å². The lowest BCUT2D eigenvalue weighted by molar-refractivity contribution is 0.0696. The second-order valence-electron chi connectivity index (χ2n) is 9.68. The van der Waals surface area contributed by atoms with Crippen molar-refractivity contribution >= 4 is 0 Å². The van der Waals surface area contributed by atoms with Gasteiger partial charge < -0.3 is 19.6 Å². The van der Waals surface area contributed by atoms with Crippen LogP contribution in [-0.4, -0.2) is 36.6 Å². The number of ether oxygens (including phenoxy) is 2. The summed E-state index contributed by atoms with van der Waals surface area (Å²) in [5, 5.41) is 8.96. The molecule has 172 valence electrons. The summed E-state index contributed by atoms with van der Waals surface area (Å²) < 4.78 is 30.1. The van der Waals surface area contributed by atoms with Crippen molar-refractivity contribution in [2.75, 3.05) is 26.4 Å². The second kappa shape index (κ2) is 8.94. The highest BCUT2D eigenvalue weighted by molar-refractivity contribution is 5.35. The topological polar surface area (TPSA) is 83.4 Å². The highest BCUT2D eigenvalue weighted by Crippen LogP contribution is 2.58. The van der Waals surface area contributed by atoms with Crippen LogP contribution in [0.5, 0.6) is 5.75 Å². The minimum Gasteiger partial charge on any atom is -0.489 e. The molecule has 6 rings (SSSR count). The van der Waals surface area contributed by atoms with Crippen molar-refractivity contribution < 1.29 is 18.3 Å². The predicted molar refractivity (Wildman–Crippen MR) is 118 cm³/mol. The van der Waals surface area contributed by atoms with E-state index >= 15 is 0 Å². The maximum absolute atomic E-state index is 12.7. The van der Waals surface area contributed by atoms with Crippen molar-refractivity contribution in [2.24, 2.45) is 5.73 Å². The summed E-state index contributed by atoms with van der Waals surface area (Å²) >= 11 is 0. The van der Waals surface area contributed by atoms with Gasteiger partial charge in [-0.25, -0.2) is 4.39 Å². The van der Waals surface area contributed by atoms with Crippen molar-refractivity contribution in [1.29, 1.82) is 0 Å². The molecule has 6 nitrogen and oxygen atoms in total. The van der Waals surface area contributed by atoms with Gasteiger partial charge in [-0.05, 0) is 74.5 Å². The van der Waals surface area contributed by atoms with Gasteiger partial charge in [0.15, 0.2) is 0 Å². The molecule has 7 heteroatoms. The molecule has 1 aromatic carbocycles. The number of nitrogens with two attached hydrogens (primary N) is 1. The molecule has 1 aliphatic heterocycles. The fourth-order valence-electron chi connectivity index (χ4n) is 5.71. The van der Waals surface area contributed by atoms with Crippen LogP contribution in [0.4, 0.5) is 4.39 Å². The maximum Gasteiger partial charge on any atom is 0.222 e. The Kier molecular flexibility index (Phi) is 6.03. The van der Waals surface area contributed by atoms with E-state index in [-0.39, 0.29) is 24.0 Å². The third-order valence-electron chi connectivity index (χ3n) is 8.02. The van der Waals surface area contributed by atoms with E-state index in [1.165, 1.54) is 5.56 Å². The summed E-state index contributed by atoms with van der Waals surface area (Å²) in [5.41, 5.74) is 7.56. The van der Waals surface area contributed by atoms with Gasteiger partial charge in [-0.3, -0.25) is 0 Å². The van der Waals surface area contributed by atoms with Crippen LogP contribution in [0.2, 0.25) is 0 Å². The summed E-state index contributed by atoms with van der Waals surface area (Å²) in [6.45, 7) is 1.90.